The number of hydrogen-bond donors (Lipinski definition) is 0. The van der Waals surface area contributed by atoms with Crippen molar-refractivity contribution in [1.29, 1.82) is 0 Å². The molecule has 2 fully saturated rings. The molecule has 0 unspecified atom stereocenters. The summed E-state index contributed by atoms with van der Waals surface area (Å²) in [6.45, 7) is 4.94. The third kappa shape index (κ3) is 2.16. The maximum Gasteiger partial charge on any atom is 0.259 e. The Labute approximate surface area is 132 Å². The Balaban J connectivity index is 1.46. The van der Waals surface area contributed by atoms with Crippen LogP contribution in [0.5, 0.6) is 0 Å². The number of amides is 1. The molecule has 116 valence electrons. The van der Waals surface area contributed by atoms with E-state index in [1.165, 1.54) is 0 Å². The highest BCUT2D eigenvalue weighted by Gasteiger charge is 2.45. The molecule has 0 aromatic carbocycles. The van der Waals surface area contributed by atoms with Gasteiger partial charge >= 0.3 is 0 Å². The molecule has 2 aliphatic heterocycles. The number of carbonyl (C=O) groups excluding carboxylic acids is 1. The summed E-state index contributed by atoms with van der Waals surface area (Å²) in [5.74, 6) is 0.972. The van der Waals surface area contributed by atoms with Crippen molar-refractivity contribution in [2.75, 3.05) is 13.1 Å². The molecule has 4 rings (SSSR count). The minimum Gasteiger partial charge on any atom is -0.366 e. The quantitative estimate of drug-likeness (QED) is 0.850. The first-order valence-corrected chi connectivity index (χ1v) is 8.28. The highest BCUT2D eigenvalue weighted by Crippen LogP contribution is 2.41. The van der Waals surface area contributed by atoms with Crippen molar-refractivity contribution in [3.8, 4) is 0 Å². The van der Waals surface area contributed by atoms with E-state index >= 15 is 0 Å². The van der Waals surface area contributed by atoms with Gasteiger partial charge in [-0.3, -0.25) is 4.79 Å². The van der Waals surface area contributed by atoms with Gasteiger partial charge in [0.15, 0.2) is 0 Å². The maximum absolute atomic E-state index is 12.7. The number of aryl methyl sites for hydroxylation is 2. The molecule has 22 heavy (non-hydrogen) atoms. The van der Waals surface area contributed by atoms with Crippen molar-refractivity contribution in [2.24, 2.45) is 5.92 Å². The van der Waals surface area contributed by atoms with Crippen LogP contribution < -0.4 is 0 Å². The lowest BCUT2D eigenvalue weighted by molar-refractivity contribution is 0.0353. The number of nitrogens with zero attached hydrogens (tertiary/aromatic N) is 3. The third-order valence-corrected chi connectivity index (χ3v) is 5.37. The molecule has 0 saturated carbocycles. The number of likely N-dealkylation sites (tertiary alicyclic amines) is 1. The number of hydrogen-bond acceptors (Lipinski definition) is 6. The van der Waals surface area contributed by atoms with Crippen LogP contribution in [0.3, 0.4) is 0 Å². The van der Waals surface area contributed by atoms with Crippen LogP contribution in [0.2, 0.25) is 0 Å². The predicted molar refractivity (Wildman–Crippen MR) is 79.7 cm³/mol. The number of ether oxygens (including phenoxy) is 1. The van der Waals surface area contributed by atoms with Crippen LogP contribution in [0, 0.1) is 19.8 Å². The summed E-state index contributed by atoms with van der Waals surface area (Å²) in [4.78, 5) is 18.8. The first-order chi connectivity index (χ1) is 10.6. The highest BCUT2D eigenvalue weighted by atomic mass is 32.1. The minimum atomic E-state index is 0.0000450. The Kier molecular flexibility index (Phi) is 3.27. The number of rotatable bonds is 2. The van der Waals surface area contributed by atoms with Gasteiger partial charge < -0.3 is 14.2 Å². The Morgan fingerprint density at radius 1 is 1.41 bits per heavy atom. The van der Waals surface area contributed by atoms with Crippen LogP contribution in [0.4, 0.5) is 0 Å². The molecule has 4 heterocycles. The van der Waals surface area contributed by atoms with E-state index in [-0.39, 0.29) is 18.1 Å². The zero-order chi connectivity index (χ0) is 15.3. The van der Waals surface area contributed by atoms with Crippen LogP contribution in [-0.4, -0.2) is 40.1 Å². The average molecular weight is 319 g/mol. The number of aromatic nitrogens is 2. The zero-order valence-corrected chi connectivity index (χ0v) is 13.3. The zero-order valence-electron chi connectivity index (χ0n) is 12.5. The van der Waals surface area contributed by atoms with Gasteiger partial charge in [0, 0.05) is 30.6 Å². The van der Waals surface area contributed by atoms with E-state index in [9.17, 15) is 4.79 Å². The first kappa shape index (κ1) is 13.9. The van der Waals surface area contributed by atoms with E-state index in [2.05, 4.69) is 10.1 Å². The van der Waals surface area contributed by atoms with Crippen molar-refractivity contribution < 1.29 is 14.1 Å². The first-order valence-electron chi connectivity index (χ1n) is 7.40. The summed E-state index contributed by atoms with van der Waals surface area (Å²) >= 11 is 1.63. The largest absolute Gasteiger partial charge is 0.366 e. The van der Waals surface area contributed by atoms with Crippen LogP contribution in [0.25, 0.3) is 0 Å². The van der Waals surface area contributed by atoms with Crippen molar-refractivity contribution in [3.05, 3.63) is 33.6 Å². The lowest BCUT2D eigenvalue weighted by Crippen LogP contribution is -2.31. The van der Waals surface area contributed by atoms with Gasteiger partial charge in [0.25, 0.3) is 5.91 Å². The van der Waals surface area contributed by atoms with E-state index in [0.29, 0.717) is 29.5 Å². The van der Waals surface area contributed by atoms with Crippen LogP contribution in [0.15, 0.2) is 16.1 Å². The van der Waals surface area contributed by atoms with Crippen molar-refractivity contribution >= 4 is 17.2 Å². The number of carbonyl (C=O) groups is 1. The monoisotopic (exact) mass is 319 g/mol. The molecule has 2 aromatic rings. The Morgan fingerprint density at radius 3 is 2.91 bits per heavy atom. The van der Waals surface area contributed by atoms with Crippen LogP contribution in [0.1, 0.15) is 39.3 Å². The molecule has 6 nitrogen and oxygen atoms in total. The molecule has 7 heteroatoms. The molecule has 0 radical (unpaired) electrons. The van der Waals surface area contributed by atoms with Gasteiger partial charge in [0.2, 0.25) is 0 Å². The predicted octanol–water partition coefficient (Wildman–Crippen LogP) is 2.35. The van der Waals surface area contributed by atoms with Crippen molar-refractivity contribution in [2.45, 2.75) is 32.5 Å². The summed E-state index contributed by atoms with van der Waals surface area (Å²) in [6.07, 6.45) is 2.94. The summed E-state index contributed by atoms with van der Waals surface area (Å²) < 4.78 is 11.2. The highest BCUT2D eigenvalue weighted by molar-refractivity contribution is 7.09. The molecular formula is C15H17N3O3S. The summed E-state index contributed by atoms with van der Waals surface area (Å²) in [7, 11) is 0. The Bertz CT molecular complexity index is 663. The second kappa shape index (κ2) is 5.17. The van der Waals surface area contributed by atoms with Gasteiger partial charge in [-0.2, -0.15) is 0 Å². The lowest BCUT2D eigenvalue weighted by Gasteiger charge is -2.18. The normalized spacial score (nSPS) is 27.4. The van der Waals surface area contributed by atoms with Crippen molar-refractivity contribution in [3.63, 3.8) is 0 Å². The number of fused-ring (bicyclic) bond motifs is 1. The summed E-state index contributed by atoms with van der Waals surface area (Å²) in [6, 6.07) is 0. The van der Waals surface area contributed by atoms with Gasteiger partial charge in [-0.25, -0.2) is 4.98 Å². The smallest absolute Gasteiger partial charge is 0.259 e. The molecule has 0 N–H and O–H groups in total. The standard InChI is InChI=1S/C15H17N3O3S/c1-8-13(9(2)21-17-8)15(19)18-6-10-5-11(20-12(10)7-18)14-16-3-4-22-14/h3-4,10-12H,5-7H2,1-2H3/t10-,11-,12+/m0/s1. The number of thiazole rings is 1. The molecule has 1 amide bonds. The average Bonchev–Trinajstić information content (AvgIpc) is 3.20. The van der Waals surface area contributed by atoms with E-state index in [1.807, 2.05) is 16.5 Å². The molecule has 2 saturated heterocycles. The fourth-order valence-electron chi connectivity index (χ4n) is 3.43. The van der Waals surface area contributed by atoms with E-state index < -0.39 is 0 Å². The van der Waals surface area contributed by atoms with Crippen LogP contribution in [-0.2, 0) is 4.74 Å². The maximum atomic E-state index is 12.7. The van der Waals surface area contributed by atoms with E-state index in [1.54, 1.807) is 25.2 Å². The van der Waals surface area contributed by atoms with Crippen LogP contribution >= 0.6 is 11.3 Å². The van der Waals surface area contributed by atoms with Gasteiger partial charge in [0.1, 0.15) is 22.4 Å². The fourth-order valence-corrected chi connectivity index (χ4v) is 4.11. The fraction of sp³-hybridized carbons (Fsp3) is 0.533. The Morgan fingerprint density at radius 2 is 2.27 bits per heavy atom. The Hall–Kier alpha value is -1.73. The molecule has 0 aliphatic carbocycles. The van der Waals surface area contributed by atoms with Gasteiger partial charge in [-0.15, -0.1) is 11.3 Å². The van der Waals surface area contributed by atoms with E-state index in [4.69, 9.17) is 9.26 Å². The molecule has 3 atom stereocenters. The molecule has 2 aliphatic rings. The molecule has 0 bridgehead atoms. The topological polar surface area (TPSA) is 68.5 Å². The minimum absolute atomic E-state index is 0.0000450. The SMILES string of the molecule is Cc1noc(C)c1C(=O)N1C[C@@H]2C[C@@H](c3nccs3)O[C@@H]2C1. The van der Waals surface area contributed by atoms with Gasteiger partial charge in [-0.1, -0.05) is 5.16 Å². The second-order valence-electron chi connectivity index (χ2n) is 5.94. The summed E-state index contributed by atoms with van der Waals surface area (Å²) in [5, 5.41) is 6.88. The van der Waals surface area contributed by atoms with E-state index in [0.717, 1.165) is 18.0 Å². The lowest BCUT2D eigenvalue weighted by atomic mass is 10.0. The van der Waals surface area contributed by atoms with Gasteiger partial charge in [0.05, 0.1) is 11.8 Å². The second-order valence-corrected chi connectivity index (χ2v) is 6.86. The van der Waals surface area contributed by atoms with Gasteiger partial charge in [-0.05, 0) is 20.3 Å². The molecule has 2 aromatic heterocycles. The molecular weight excluding hydrogens is 302 g/mol. The third-order valence-electron chi connectivity index (χ3n) is 4.50. The summed E-state index contributed by atoms with van der Waals surface area (Å²) in [5.41, 5.74) is 1.25. The molecule has 0 spiro atoms. The van der Waals surface area contributed by atoms with Crippen molar-refractivity contribution in [1.82, 2.24) is 15.0 Å².